The van der Waals surface area contributed by atoms with Crippen molar-refractivity contribution in [3.63, 3.8) is 0 Å². The van der Waals surface area contributed by atoms with Crippen LogP contribution in [-0.4, -0.2) is 42.5 Å². The topological polar surface area (TPSA) is 95.1 Å². The first-order chi connectivity index (χ1) is 16.1. The molecule has 0 amide bonds. The molecule has 168 valence electrons. The van der Waals surface area contributed by atoms with E-state index in [-0.39, 0.29) is 24.4 Å². The van der Waals surface area contributed by atoms with Gasteiger partial charge in [0.2, 0.25) is 0 Å². The summed E-state index contributed by atoms with van der Waals surface area (Å²) in [7, 11) is 1.85. The number of aromatic nitrogens is 5. The van der Waals surface area contributed by atoms with E-state index in [4.69, 9.17) is 4.74 Å². The number of hydrogen-bond donors (Lipinski definition) is 1. The van der Waals surface area contributed by atoms with Gasteiger partial charge in [0.15, 0.2) is 0 Å². The molecule has 1 unspecified atom stereocenters. The Bertz CT molecular complexity index is 1310. The van der Waals surface area contributed by atoms with E-state index >= 15 is 0 Å². The average molecular weight is 444 g/mol. The van der Waals surface area contributed by atoms with Gasteiger partial charge >= 0.3 is 5.97 Å². The number of rotatable bonds is 7. The molecule has 1 N–H and O–H groups in total. The van der Waals surface area contributed by atoms with E-state index in [0.717, 1.165) is 40.2 Å². The summed E-state index contributed by atoms with van der Waals surface area (Å²) in [5, 5.41) is 22.4. The largest absolute Gasteiger partial charge is 0.462 e. The number of nitrogens with zero attached hydrogens (tertiary/aromatic N) is 5. The Balaban J connectivity index is 1.55. The maximum atomic E-state index is 12.7. The van der Waals surface area contributed by atoms with Crippen molar-refractivity contribution >= 4 is 5.97 Å². The third kappa shape index (κ3) is 4.05. The molecular formula is C25H25N5O3. The number of aliphatic hydroxyl groups excluding tert-OH is 1. The SMILES string of the molecule is CCOC(=O)c1cnn(-c2cccc(-c3cccc(CO)c3)c2)c1[C@H]1CC1c1cn(C)nn1. The highest BCUT2D eigenvalue weighted by atomic mass is 16.5. The van der Waals surface area contributed by atoms with Crippen LogP contribution in [0.2, 0.25) is 0 Å². The molecule has 0 radical (unpaired) electrons. The molecule has 1 fully saturated rings. The minimum absolute atomic E-state index is 0.00875. The van der Waals surface area contributed by atoms with Crippen LogP contribution in [0.3, 0.4) is 0 Å². The summed E-state index contributed by atoms with van der Waals surface area (Å²) in [6.45, 7) is 2.09. The maximum Gasteiger partial charge on any atom is 0.341 e. The summed E-state index contributed by atoms with van der Waals surface area (Å²) in [5.41, 5.74) is 5.96. The summed E-state index contributed by atoms with van der Waals surface area (Å²) in [5.74, 6) is -0.0768. The van der Waals surface area contributed by atoms with Gasteiger partial charge in [-0.05, 0) is 48.2 Å². The first-order valence-corrected chi connectivity index (χ1v) is 11.0. The summed E-state index contributed by atoms with van der Waals surface area (Å²) < 4.78 is 8.84. The first kappa shape index (κ1) is 21.1. The van der Waals surface area contributed by atoms with E-state index in [2.05, 4.69) is 15.4 Å². The Morgan fingerprint density at radius 3 is 2.67 bits per heavy atom. The molecule has 1 saturated carbocycles. The molecule has 2 aromatic carbocycles. The lowest BCUT2D eigenvalue weighted by Gasteiger charge is -2.11. The fourth-order valence-corrected chi connectivity index (χ4v) is 4.31. The number of aryl methyl sites for hydroxylation is 1. The van der Waals surface area contributed by atoms with E-state index < -0.39 is 0 Å². The van der Waals surface area contributed by atoms with E-state index in [9.17, 15) is 9.90 Å². The van der Waals surface area contributed by atoms with Crippen LogP contribution in [0.5, 0.6) is 0 Å². The molecule has 8 heteroatoms. The molecule has 0 spiro atoms. The highest BCUT2D eigenvalue weighted by Crippen LogP contribution is 2.55. The molecule has 5 rings (SSSR count). The number of benzene rings is 2. The standard InChI is InChI=1S/C25H25N5O3/c1-3-33-25(32)22-13-26-30(24(22)21-12-20(21)23-14-29(2)28-27-23)19-9-5-8-18(11-19)17-7-4-6-16(10-17)15-31/h4-11,13-14,20-21,31H,3,12,15H2,1-2H3/t20?,21-/m0/s1. The molecule has 1 aliphatic carbocycles. The van der Waals surface area contributed by atoms with Gasteiger partial charge in [-0.15, -0.1) is 5.10 Å². The zero-order chi connectivity index (χ0) is 22.9. The minimum Gasteiger partial charge on any atom is -0.462 e. The van der Waals surface area contributed by atoms with Crippen LogP contribution in [0.4, 0.5) is 0 Å². The molecule has 2 heterocycles. The second kappa shape index (κ2) is 8.63. The quantitative estimate of drug-likeness (QED) is 0.439. The maximum absolute atomic E-state index is 12.7. The van der Waals surface area contributed by atoms with Gasteiger partial charge in [-0.3, -0.25) is 4.68 Å². The van der Waals surface area contributed by atoms with Crippen LogP contribution in [0, 0.1) is 0 Å². The van der Waals surface area contributed by atoms with Crippen molar-refractivity contribution in [2.24, 2.45) is 7.05 Å². The monoisotopic (exact) mass is 443 g/mol. The zero-order valence-electron chi connectivity index (χ0n) is 18.5. The van der Waals surface area contributed by atoms with Crippen molar-refractivity contribution in [2.45, 2.75) is 31.8 Å². The first-order valence-electron chi connectivity index (χ1n) is 11.0. The third-order valence-electron chi connectivity index (χ3n) is 5.98. The van der Waals surface area contributed by atoms with Crippen molar-refractivity contribution in [3.8, 4) is 16.8 Å². The lowest BCUT2D eigenvalue weighted by molar-refractivity contribution is 0.0525. The molecule has 0 bridgehead atoms. The van der Waals surface area contributed by atoms with Gasteiger partial charge in [0.1, 0.15) is 5.56 Å². The van der Waals surface area contributed by atoms with Crippen molar-refractivity contribution in [1.29, 1.82) is 0 Å². The number of ether oxygens (including phenoxy) is 1. The molecule has 33 heavy (non-hydrogen) atoms. The Labute approximate surface area is 191 Å². The van der Waals surface area contributed by atoms with E-state index in [1.54, 1.807) is 17.8 Å². The van der Waals surface area contributed by atoms with Gasteiger partial charge in [0, 0.05) is 25.1 Å². The van der Waals surface area contributed by atoms with Crippen LogP contribution in [-0.2, 0) is 18.4 Å². The van der Waals surface area contributed by atoms with Crippen molar-refractivity contribution < 1.29 is 14.6 Å². The summed E-state index contributed by atoms with van der Waals surface area (Å²) >= 11 is 0. The van der Waals surface area contributed by atoms with Gasteiger partial charge in [0.25, 0.3) is 0 Å². The number of carbonyl (C=O) groups excluding carboxylic acids is 1. The molecule has 0 aliphatic heterocycles. The average Bonchev–Trinajstić information content (AvgIpc) is 3.29. The molecule has 2 aromatic heterocycles. The van der Waals surface area contributed by atoms with Gasteiger partial charge in [0.05, 0.1) is 36.5 Å². The Kier molecular flexibility index (Phi) is 5.51. The summed E-state index contributed by atoms with van der Waals surface area (Å²) in [6.07, 6.45) is 4.39. The van der Waals surface area contributed by atoms with Crippen molar-refractivity contribution in [3.05, 3.63) is 83.4 Å². The molecule has 4 aromatic rings. The Hall–Kier alpha value is -3.78. The molecule has 8 nitrogen and oxygen atoms in total. The van der Waals surface area contributed by atoms with Crippen LogP contribution in [0.1, 0.15) is 52.5 Å². The van der Waals surface area contributed by atoms with Crippen molar-refractivity contribution in [1.82, 2.24) is 24.8 Å². The Morgan fingerprint density at radius 1 is 1.15 bits per heavy atom. The van der Waals surface area contributed by atoms with E-state index in [1.165, 1.54) is 0 Å². The van der Waals surface area contributed by atoms with Crippen LogP contribution < -0.4 is 0 Å². The molecule has 0 saturated heterocycles. The number of hydrogen-bond acceptors (Lipinski definition) is 6. The fourth-order valence-electron chi connectivity index (χ4n) is 4.31. The smallest absolute Gasteiger partial charge is 0.341 e. The summed E-state index contributed by atoms with van der Waals surface area (Å²) in [4.78, 5) is 12.7. The molecular weight excluding hydrogens is 418 g/mol. The highest BCUT2D eigenvalue weighted by molar-refractivity contribution is 5.91. The zero-order valence-corrected chi connectivity index (χ0v) is 18.5. The second-order valence-electron chi connectivity index (χ2n) is 8.25. The lowest BCUT2D eigenvalue weighted by Crippen LogP contribution is -2.09. The number of carbonyl (C=O) groups is 1. The number of aliphatic hydroxyl groups is 1. The van der Waals surface area contributed by atoms with Crippen LogP contribution in [0.15, 0.2) is 60.9 Å². The third-order valence-corrected chi connectivity index (χ3v) is 5.98. The predicted octanol–water partition coefficient (Wildman–Crippen LogP) is 3.61. The summed E-state index contributed by atoms with van der Waals surface area (Å²) in [6, 6.07) is 15.8. The predicted molar refractivity (Wildman–Crippen MR) is 122 cm³/mol. The highest BCUT2D eigenvalue weighted by Gasteiger charge is 2.46. The van der Waals surface area contributed by atoms with Crippen LogP contribution >= 0.6 is 0 Å². The van der Waals surface area contributed by atoms with Gasteiger partial charge in [-0.2, -0.15) is 5.10 Å². The van der Waals surface area contributed by atoms with E-state index in [0.29, 0.717) is 12.2 Å². The number of esters is 1. The molecule has 2 atom stereocenters. The van der Waals surface area contributed by atoms with Gasteiger partial charge in [-0.1, -0.05) is 35.5 Å². The normalized spacial score (nSPS) is 17.2. The minimum atomic E-state index is -0.365. The van der Waals surface area contributed by atoms with Crippen LogP contribution in [0.25, 0.3) is 16.8 Å². The van der Waals surface area contributed by atoms with E-state index in [1.807, 2.05) is 66.5 Å². The molecule has 1 aliphatic rings. The van der Waals surface area contributed by atoms with Gasteiger partial charge < -0.3 is 9.84 Å². The second-order valence-corrected chi connectivity index (χ2v) is 8.25. The fraction of sp³-hybridized carbons (Fsp3) is 0.280. The van der Waals surface area contributed by atoms with Gasteiger partial charge in [-0.25, -0.2) is 9.48 Å². The lowest BCUT2D eigenvalue weighted by atomic mass is 10.0. The Morgan fingerprint density at radius 2 is 1.94 bits per heavy atom. The van der Waals surface area contributed by atoms with Crippen molar-refractivity contribution in [2.75, 3.05) is 6.61 Å².